The molecule has 1 N–H and O–H groups in total. The van der Waals surface area contributed by atoms with Gasteiger partial charge in [0.25, 0.3) is 5.69 Å². The second-order valence-electron chi connectivity index (χ2n) is 4.45. The zero-order valence-electron chi connectivity index (χ0n) is 11.0. The van der Waals surface area contributed by atoms with Crippen LogP contribution in [0.2, 0.25) is 5.02 Å². The van der Waals surface area contributed by atoms with Gasteiger partial charge in [-0.3, -0.25) is 10.1 Å². The van der Waals surface area contributed by atoms with Crippen molar-refractivity contribution in [2.45, 2.75) is 13.5 Å². The molecule has 0 saturated carbocycles. The summed E-state index contributed by atoms with van der Waals surface area (Å²) in [5.41, 5.74) is 2.40. The number of nitro benzene ring substituents is 1. The number of hydrogen-bond donors (Lipinski definition) is 1. The molecule has 2 aromatic carbocycles. The second-order valence-corrected chi connectivity index (χ2v) is 6.57. The molecule has 0 fully saturated rings. The monoisotopic (exact) mass is 432 g/mol. The van der Waals surface area contributed by atoms with E-state index in [1.165, 1.54) is 6.07 Å². The van der Waals surface area contributed by atoms with E-state index in [4.69, 9.17) is 11.6 Å². The van der Waals surface area contributed by atoms with Crippen LogP contribution in [0.1, 0.15) is 11.1 Å². The predicted molar refractivity (Wildman–Crippen MR) is 92.0 cm³/mol. The lowest BCUT2D eigenvalue weighted by Crippen LogP contribution is -2.05. The summed E-state index contributed by atoms with van der Waals surface area (Å²) < 4.78 is 1.76. The van der Waals surface area contributed by atoms with Crippen molar-refractivity contribution in [2.75, 3.05) is 5.32 Å². The van der Waals surface area contributed by atoms with Crippen molar-refractivity contribution in [3.05, 3.63) is 65.5 Å². The summed E-state index contributed by atoms with van der Waals surface area (Å²) in [5.74, 6) is 0. The number of anilines is 1. The van der Waals surface area contributed by atoms with Crippen molar-refractivity contribution in [3.63, 3.8) is 0 Å². The van der Waals surface area contributed by atoms with E-state index in [0.717, 1.165) is 20.2 Å². The van der Waals surface area contributed by atoms with Crippen LogP contribution in [0.25, 0.3) is 0 Å². The fraction of sp³-hybridized carbons (Fsp3) is 0.143. The minimum absolute atomic E-state index is 0.00866. The topological polar surface area (TPSA) is 55.2 Å². The van der Waals surface area contributed by atoms with E-state index in [1.807, 2.05) is 19.1 Å². The fourth-order valence-corrected chi connectivity index (χ4v) is 3.87. The van der Waals surface area contributed by atoms with Crippen molar-refractivity contribution in [1.29, 1.82) is 0 Å². The molecule has 2 rings (SSSR count). The Morgan fingerprint density at radius 3 is 2.48 bits per heavy atom. The van der Waals surface area contributed by atoms with Gasteiger partial charge in [-0.25, -0.2) is 0 Å². The van der Waals surface area contributed by atoms with Gasteiger partial charge in [-0.1, -0.05) is 17.7 Å². The summed E-state index contributed by atoms with van der Waals surface area (Å²) in [4.78, 5) is 10.6. The maximum Gasteiger partial charge on any atom is 0.275 e. The first-order chi connectivity index (χ1) is 9.90. The Morgan fingerprint density at radius 1 is 1.29 bits per heavy atom. The summed E-state index contributed by atoms with van der Waals surface area (Å²) >= 11 is 13.0. The van der Waals surface area contributed by atoms with E-state index < -0.39 is 4.92 Å². The van der Waals surface area contributed by atoms with Crippen LogP contribution in [0.15, 0.2) is 39.3 Å². The number of nitro groups is 1. The van der Waals surface area contributed by atoms with Crippen molar-refractivity contribution >= 4 is 54.8 Å². The number of nitrogens with zero attached hydrogens (tertiary/aromatic N) is 1. The van der Waals surface area contributed by atoms with Crippen LogP contribution in [0.4, 0.5) is 11.4 Å². The number of benzene rings is 2. The molecular weight excluding hydrogens is 423 g/mol. The minimum Gasteiger partial charge on any atom is -0.379 e. The Bertz CT molecular complexity index is 684. The number of hydrogen-bond acceptors (Lipinski definition) is 3. The predicted octanol–water partition coefficient (Wildman–Crippen LogP) is 5.69. The maximum absolute atomic E-state index is 11.1. The molecule has 0 bridgehead atoms. The Balaban J connectivity index is 2.31. The van der Waals surface area contributed by atoms with Gasteiger partial charge >= 0.3 is 0 Å². The lowest BCUT2D eigenvalue weighted by molar-refractivity contribution is -0.385. The number of aryl methyl sites for hydroxylation is 1. The quantitative estimate of drug-likeness (QED) is 0.497. The molecule has 110 valence electrons. The van der Waals surface area contributed by atoms with Crippen LogP contribution in [0.5, 0.6) is 0 Å². The third kappa shape index (κ3) is 3.75. The summed E-state index contributed by atoms with van der Waals surface area (Å²) in [6, 6.07) is 8.59. The molecule has 0 radical (unpaired) electrons. The van der Waals surface area contributed by atoms with Gasteiger partial charge in [-0.15, -0.1) is 0 Å². The normalized spacial score (nSPS) is 10.5. The molecule has 21 heavy (non-hydrogen) atoms. The Kier molecular flexibility index (Phi) is 5.24. The summed E-state index contributed by atoms with van der Waals surface area (Å²) in [6.07, 6.45) is 0. The van der Waals surface area contributed by atoms with E-state index in [9.17, 15) is 10.1 Å². The molecule has 0 aliphatic carbocycles. The van der Waals surface area contributed by atoms with Crippen LogP contribution in [-0.2, 0) is 6.54 Å². The Morgan fingerprint density at radius 2 is 1.90 bits per heavy atom. The molecule has 0 aliphatic heterocycles. The first kappa shape index (κ1) is 16.3. The first-order valence-electron chi connectivity index (χ1n) is 6.01. The average molecular weight is 435 g/mol. The SMILES string of the molecule is Cc1cc(Br)c(NCc2c(Cl)cccc2[N+](=O)[O-])c(Br)c1. The van der Waals surface area contributed by atoms with Crippen LogP contribution >= 0.6 is 43.5 Å². The Hall–Kier alpha value is -1.11. The zero-order chi connectivity index (χ0) is 15.6. The van der Waals surface area contributed by atoms with Crippen LogP contribution in [-0.4, -0.2) is 4.92 Å². The first-order valence-corrected chi connectivity index (χ1v) is 7.98. The molecule has 7 heteroatoms. The molecule has 0 heterocycles. The van der Waals surface area contributed by atoms with Gasteiger partial charge in [-0.2, -0.15) is 0 Å². The molecule has 0 saturated heterocycles. The van der Waals surface area contributed by atoms with Gasteiger partial charge in [0, 0.05) is 21.6 Å². The van der Waals surface area contributed by atoms with Crippen molar-refractivity contribution in [1.82, 2.24) is 0 Å². The van der Waals surface area contributed by atoms with Crippen molar-refractivity contribution in [3.8, 4) is 0 Å². The molecule has 0 atom stereocenters. The van der Waals surface area contributed by atoms with Crippen LogP contribution in [0.3, 0.4) is 0 Å². The largest absolute Gasteiger partial charge is 0.379 e. The van der Waals surface area contributed by atoms with Gasteiger partial charge in [0.1, 0.15) is 0 Å². The minimum atomic E-state index is -0.428. The molecule has 0 aromatic heterocycles. The highest BCUT2D eigenvalue weighted by Gasteiger charge is 2.17. The summed E-state index contributed by atoms with van der Waals surface area (Å²) in [6.45, 7) is 2.24. The van der Waals surface area contributed by atoms with Gasteiger partial charge in [0.2, 0.25) is 0 Å². The zero-order valence-corrected chi connectivity index (χ0v) is 14.9. The van der Waals surface area contributed by atoms with E-state index in [2.05, 4.69) is 37.2 Å². The van der Waals surface area contributed by atoms with Crippen LogP contribution < -0.4 is 5.32 Å². The molecular formula is C14H11Br2ClN2O2. The highest BCUT2D eigenvalue weighted by Crippen LogP contribution is 2.34. The molecule has 4 nitrogen and oxygen atoms in total. The second kappa shape index (κ2) is 6.77. The van der Waals surface area contributed by atoms with E-state index >= 15 is 0 Å². The highest BCUT2D eigenvalue weighted by atomic mass is 79.9. The van der Waals surface area contributed by atoms with Gasteiger partial charge in [-0.05, 0) is 62.5 Å². The van der Waals surface area contributed by atoms with E-state index in [1.54, 1.807) is 12.1 Å². The van der Waals surface area contributed by atoms with Crippen LogP contribution in [0, 0.1) is 17.0 Å². The highest BCUT2D eigenvalue weighted by molar-refractivity contribution is 9.11. The molecule has 0 aliphatic rings. The lowest BCUT2D eigenvalue weighted by atomic mass is 10.1. The Labute approximate surface area is 143 Å². The molecule has 0 unspecified atom stereocenters. The standard InChI is InChI=1S/C14H11Br2ClN2O2/c1-8-5-10(15)14(11(16)6-8)18-7-9-12(17)3-2-4-13(9)19(20)21/h2-6,18H,7H2,1H3. The number of rotatable bonds is 4. The summed E-state index contributed by atoms with van der Waals surface area (Å²) in [5, 5.41) is 14.6. The molecule has 0 amide bonds. The van der Waals surface area contributed by atoms with Gasteiger partial charge in [0.05, 0.1) is 21.2 Å². The fourth-order valence-electron chi connectivity index (χ4n) is 1.94. The average Bonchev–Trinajstić information content (AvgIpc) is 2.38. The smallest absolute Gasteiger partial charge is 0.275 e. The van der Waals surface area contributed by atoms with E-state index in [-0.39, 0.29) is 12.2 Å². The molecule has 0 spiro atoms. The maximum atomic E-state index is 11.1. The van der Waals surface area contributed by atoms with Gasteiger partial charge < -0.3 is 5.32 Å². The van der Waals surface area contributed by atoms with Crippen molar-refractivity contribution in [2.24, 2.45) is 0 Å². The third-order valence-electron chi connectivity index (χ3n) is 2.92. The van der Waals surface area contributed by atoms with E-state index in [0.29, 0.717) is 10.6 Å². The summed E-state index contributed by atoms with van der Waals surface area (Å²) in [7, 11) is 0. The molecule has 2 aromatic rings. The number of nitrogens with one attached hydrogen (secondary N) is 1. The van der Waals surface area contributed by atoms with Crippen molar-refractivity contribution < 1.29 is 4.92 Å². The van der Waals surface area contributed by atoms with Gasteiger partial charge in [0.15, 0.2) is 0 Å². The lowest BCUT2D eigenvalue weighted by Gasteiger charge is -2.13. The number of halogens is 3. The third-order valence-corrected chi connectivity index (χ3v) is 4.52.